The topological polar surface area (TPSA) is 95.6 Å². The van der Waals surface area contributed by atoms with Gasteiger partial charge in [-0.1, -0.05) is 56.5 Å². The van der Waals surface area contributed by atoms with Crippen LogP contribution in [0.3, 0.4) is 0 Å². The lowest BCUT2D eigenvalue weighted by molar-refractivity contribution is -0.123. The van der Waals surface area contributed by atoms with Crippen molar-refractivity contribution in [2.75, 3.05) is 11.4 Å². The first kappa shape index (κ1) is 24.4. The van der Waals surface area contributed by atoms with E-state index in [-0.39, 0.29) is 29.2 Å². The zero-order valence-electron chi connectivity index (χ0n) is 19.6. The van der Waals surface area contributed by atoms with Gasteiger partial charge in [0.05, 0.1) is 4.90 Å². The second-order valence-corrected chi connectivity index (χ2v) is 10.9. The lowest BCUT2D eigenvalue weighted by Crippen LogP contribution is -2.50. The number of anilines is 1. The summed E-state index contributed by atoms with van der Waals surface area (Å²) in [6.07, 6.45) is 6.45. The summed E-state index contributed by atoms with van der Waals surface area (Å²) in [7, 11) is -3.94. The van der Waals surface area contributed by atoms with E-state index in [2.05, 4.69) is 10.0 Å². The molecule has 1 atom stereocenters. The van der Waals surface area contributed by atoms with Gasteiger partial charge in [0, 0.05) is 24.7 Å². The highest BCUT2D eigenvalue weighted by atomic mass is 32.2. The number of rotatable bonds is 8. The molecule has 0 aromatic heterocycles. The van der Waals surface area contributed by atoms with Crippen molar-refractivity contribution in [3.05, 3.63) is 59.7 Å². The number of carbonyl (C=O) groups is 2. The highest BCUT2D eigenvalue weighted by Gasteiger charge is 2.30. The smallest absolute Gasteiger partial charge is 0.241 e. The summed E-state index contributed by atoms with van der Waals surface area (Å²) < 4.78 is 29.3. The highest BCUT2D eigenvalue weighted by Crippen LogP contribution is 2.30. The van der Waals surface area contributed by atoms with Gasteiger partial charge in [0.1, 0.15) is 6.04 Å². The Balaban J connectivity index is 1.54. The maximum atomic E-state index is 13.3. The predicted octanol–water partition coefficient (Wildman–Crippen LogP) is 3.32. The van der Waals surface area contributed by atoms with E-state index in [4.69, 9.17) is 0 Å². The van der Waals surface area contributed by atoms with Crippen LogP contribution in [-0.4, -0.2) is 38.9 Å². The van der Waals surface area contributed by atoms with Crippen LogP contribution in [0.25, 0.3) is 0 Å². The number of benzene rings is 2. The molecule has 7 nitrogen and oxygen atoms in total. The summed E-state index contributed by atoms with van der Waals surface area (Å²) in [5.41, 5.74) is 2.48. The Morgan fingerprint density at radius 3 is 2.50 bits per heavy atom. The fourth-order valence-electron chi connectivity index (χ4n) is 4.84. The quantitative estimate of drug-likeness (QED) is 0.602. The predicted molar refractivity (Wildman–Crippen MR) is 132 cm³/mol. The van der Waals surface area contributed by atoms with Crippen molar-refractivity contribution < 1.29 is 18.0 Å². The molecule has 1 fully saturated rings. The van der Waals surface area contributed by atoms with E-state index in [9.17, 15) is 18.0 Å². The van der Waals surface area contributed by atoms with E-state index in [1.165, 1.54) is 12.5 Å². The van der Waals surface area contributed by atoms with Crippen LogP contribution in [0.4, 0.5) is 5.69 Å². The highest BCUT2D eigenvalue weighted by molar-refractivity contribution is 7.89. The van der Waals surface area contributed by atoms with Gasteiger partial charge in [0.15, 0.2) is 0 Å². The Morgan fingerprint density at radius 1 is 1.06 bits per heavy atom. The molecule has 2 aromatic rings. The van der Waals surface area contributed by atoms with Crippen molar-refractivity contribution in [3.63, 3.8) is 0 Å². The van der Waals surface area contributed by atoms with Crippen LogP contribution in [0.2, 0.25) is 0 Å². The standard InChI is InChI=1S/C26H33N3O4S/c1-2-25(30)29-16-15-20-18-22(13-14-24(20)29)34(32,33)28-23(17-19-9-5-3-6-10-19)26(31)27-21-11-7-4-8-12-21/h3,5-6,9-10,13-14,18,21,23,28H,2,4,7-8,11-12,15-17H2,1H3,(H,27,31)/t23-/m0/s1. The molecule has 0 spiro atoms. The zero-order valence-corrected chi connectivity index (χ0v) is 20.4. The van der Waals surface area contributed by atoms with Crippen LogP contribution in [-0.2, 0) is 32.5 Å². The van der Waals surface area contributed by atoms with Crippen LogP contribution in [0.1, 0.15) is 56.6 Å². The van der Waals surface area contributed by atoms with E-state index >= 15 is 0 Å². The fourth-order valence-corrected chi connectivity index (χ4v) is 6.08. The molecule has 182 valence electrons. The van der Waals surface area contributed by atoms with E-state index < -0.39 is 16.1 Å². The van der Waals surface area contributed by atoms with Gasteiger partial charge in [0.25, 0.3) is 0 Å². The maximum absolute atomic E-state index is 13.3. The summed E-state index contributed by atoms with van der Waals surface area (Å²) >= 11 is 0. The van der Waals surface area contributed by atoms with Crippen LogP contribution in [0, 0.1) is 0 Å². The number of hydrogen-bond donors (Lipinski definition) is 2. The monoisotopic (exact) mass is 483 g/mol. The lowest BCUT2D eigenvalue weighted by Gasteiger charge is -2.26. The van der Waals surface area contributed by atoms with E-state index in [0.717, 1.165) is 42.5 Å². The average molecular weight is 484 g/mol. The Hall–Kier alpha value is -2.71. The molecule has 1 aliphatic heterocycles. The molecule has 1 saturated carbocycles. The van der Waals surface area contributed by atoms with Gasteiger partial charge in [-0.15, -0.1) is 0 Å². The molecule has 2 aliphatic rings. The summed E-state index contributed by atoms with van der Waals surface area (Å²) in [5.74, 6) is -0.269. The van der Waals surface area contributed by atoms with Crippen LogP contribution in [0.15, 0.2) is 53.4 Å². The van der Waals surface area contributed by atoms with Gasteiger partial charge >= 0.3 is 0 Å². The largest absolute Gasteiger partial charge is 0.352 e. The molecule has 34 heavy (non-hydrogen) atoms. The number of hydrogen-bond acceptors (Lipinski definition) is 4. The zero-order chi connectivity index (χ0) is 24.1. The first-order chi connectivity index (χ1) is 16.4. The van der Waals surface area contributed by atoms with Gasteiger partial charge < -0.3 is 10.2 Å². The minimum Gasteiger partial charge on any atom is -0.352 e. The summed E-state index contributed by atoms with van der Waals surface area (Å²) in [6.45, 7) is 2.37. The molecular formula is C26H33N3O4S. The fraction of sp³-hybridized carbons (Fsp3) is 0.462. The Morgan fingerprint density at radius 2 is 1.79 bits per heavy atom. The Labute approximate surface area is 202 Å². The molecule has 4 rings (SSSR count). The Bertz CT molecular complexity index is 1130. The van der Waals surface area contributed by atoms with Crippen molar-refractivity contribution in [3.8, 4) is 0 Å². The second-order valence-electron chi connectivity index (χ2n) is 9.15. The van der Waals surface area contributed by atoms with Crippen LogP contribution < -0.4 is 14.9 Å². The molecule has 0 saturated heterocycles. The molecule has 2 aromatic carbocycles. The molecule has 0 radical (unpaired) electrons. The van der Waals surface area contributed by atoms with Crippen molar-refractivity contribution in [1.82, 2.24) is 10.0 Å². The molecule has 2 N–H and O–H groups in total. The maximum Gasteiger partial charge on any atom is 0.241 e. The van der Waals surface area contributed by atoms with Gasteiger partial charge in [-0.3, -0.25) is 9.59 Å². The van der Waals surface area contributed by atoms with Crippen molar-refractivity contribution in [1.29, 1.82) is 0 Å². The van der Waals surface area contributed by atoms with Crippen LogP contribution >= 0.6 is 0 Å². The number of fused-ring (bicyclic) bond motifs is 1. The first-order valence-electron chi connectivity index (χ1n) is 12.2. The minimum absolute atomic E-state index is 0.0230. The van der Waals surface area contributed by atoms with Crippen molar-refractivity contribution in [2.24, 2.45) is 0 Å². The lowest BCUT2D eigenvalue weighted by atomic mass is 9.95. The normalized spacial score (nSPS) is 17.3. The number of carbonyl (C=O) groups excluding carboxylic acids is 2. The SMILES string of the molecule is CCC(=O)N1CCc2cc(S(=O)(=O)N[C@@H](Cc3ccccc3)C(=O)NC3CCCCC3)ccc21. The van der Waals surface area contributed by atoms with Gasteiger partial charge in [-0.05, 0) is 55.0 Å². The third-order valence-corrected chi connectivity index (χ3v) is 8.18. The summed E-state index contributed by atoms with van der Waals surface area (Å²) in [4.78, 5) is 27.2. The van der Waals surface area contributed by atoms with Crippen molar-refractivity contribution in [2.45, 2.75) is 75.3 Å². The molecule has 0 unspecified atom stereocenters. The molecule has 1 heterocycles. The van der Waals surface area contributed by atoms with Gasteiger partial charge in [-0.25, -0.2) is 8.42 Å². The average Bonchev–Trinajstić information content (AvgIpc) is 3.28. The molecule has 8 heteroatoms. The molecule has 0 bridgehead atoms. The van der Waals surface area contributed by atoms with Gasteiger partial charge in [-0.2, -0.15) is 4.72 Å². The number of amides is 2. The Kier molecular flexibility index (Phi) is 7.68. The minimum atomic E-state index is -3.94. The molecular weight excluding hydrogens is 450 g/mol. The third-order valence-electron chi connectivity index (χ3n) is 6.71. The van der Waals surface area contributed by atoms with Crippen molar-refractivity contribution >= 4 is 27.5 Å². The number of nitrogens with one attached hydrogen (secondary N) is 2. The van der Waals surface area contributed by atoms with Crippen LogP contribution in [0.5, 0.6) is 0 Å². The van der Waals surface area contributed by atoms with E-state index in [1.807, 2.05) is 37.3 Å². The molecule has 1 aliphatic carbocycles. The second kappa shape index (κ2) is 10.7. The number of sulfonamides is 1. The van der Waals surface area contributed by atoms with E-state index in [0.29, 0.717) is 19.4 Å². The van der Waals surface area contributed by atoms with Gasteiger partial charge in [0.2, 0.25) is 21.8 Å². The molecule has 2 amide bonds. The summed E-state index contributed by atoms with van der Waals surface area (Å²) in [5, 5.41) is 3.07. The third kappa shape index (κ3) is 5.67. The first-order valence-corrected chi connectivity index (χ1v) is 13.7. The van der Waals surface area contributed by atoms with E-state index in [1.54, 1.807) is 17.0 Å². The number of nitrogens with zero attached hydrogens (tertiary/aromatic N) is 1. The summed E-state index contributed by atoms with van der Waals surface area (Å²) in [6, 6.07) is 13.4.